The fraction of sp³-hybridized carbons (Fsp3) is 0.333. The molecule has 2 aromatic rings. The van der Waals surface area contributed by atoms with Crippen LogP contribution in [0.25, 0.3) is 0 Å². The van der Waals surface area contributed by atoms with E-state index in [2.05, 4.69) is 115 Å². The smallest absolute Gasteiger partial charge is 0.105 e. The Bertz CT molecular complexity index is 698. The first-order chi connectivity index (χ1) is 10.2. The second-order valence-corrected chi connectivity index (χ2v) is 9.18. The van der Waals surface area contributed by atoms with E-state index in [1.807, 2.05) is 0 Å². The van der Waals surface area contributed by atoms with Crippen LogP contribution in [0.2, 0.25) is 0 Å². The van der Waals surface area contributed by atoms with Crippen LogP contribution in [0.5, 0.6) is 0 Å². The Balaban J connectivity index is 2.73. The summed E-state index contributed by atoms with van der Waals surface area (Å²) in [7, 11) is 0. The predicted molar refractivity (Wildman–Crippen MR) is 119 cm³/mol. The van der Waals surface area contributed by atoms with Gasteiger partial charge in [0.2, 0.25) is 0 Å². The van der Waals surface area contributed by atoms with E-state index in [9.17, 15) is 5.11 Å². The number of hydrogen-bond acceptors (Lipinski definition) is 1. The van der Waals surface area contributed by atoms with Crippen LogP contribution < -0.4 is 0 Å². The fourth-order valence-corrected chi connectivity index (χ4v) is 5.65. The monoisotopic (exact) mass is 632 g/mol. The first kappa shape index (κ1) is 18.9. The fourth-order valence-electron chi connectivity index (χ4n) is 3.08. The molecule has 0 saturated heterocycles. The van der Waals surface area contributed by atoms with E-state index in [1.165, 1.54) is 27.4 Å². The van der Waals surface area contributed by atoms with E-state index in [1.54, 1.807) is 0 Å². The Morgan fingerprint density at radius 3 is 1.55 bits per heavy atom. The average Bonchev–Trinajstić information content (AvgIpc) is 2.42. The Hall–Kier alpha value is 0.590. The van der Waals surface area contributed by atoms with E-state index in [4.69, 9.17) is 0 Å². The van der Waals surface area contributed by atoms with E-state index >= 15 is 0 Å². The van der Waals surface area contributed by atoms with Crippen molar-refractivity contribution < 1.29 is 5.11 Å². The Labute approximate surface area is 173 Å². The number of aliphatic hydroxyl groups is 1. The summed E-state index contributed by atoms with van der Waals surface area (Å²) in [5, 5.41) is 11.1. The molecule has 0 amide bonds. The molecule has 0 aliphatic heterocycles. The van der Waals surface area contributed by atoms with E-state index in [-0.39, 0.29) is 0 Å². The van der Waals surface area contributed by atoms with Gasteiger partial charge in [0.15, 0.2) is 0 Å². The van der Waals surface area contributed by atoms with Gasteiger partial charge in [-0.2, -0.15) is 0 Å². The molecule has 0 aromatic heterocycles. The summed E-state index contributed by atoms with van der Waals surface area (Å²) in [6.07, 6.45) is -0.570. The molecular formula is C18H19I3O. The Morgan fingerprint density at radius 1 is 0.727 bits per heavy atom. The minimum Gasteiger partial charge on any atom is -0.384 e. The highest BCUT2D eigenvalue weighted by atomic mass is 127. The maximum atomic E-state index is 11.1. The molecule has 1 unspecified atom stereocenters. The highest BCUT2D eigenvalue weighted by molar-refractivity contribution is 14.1. The molecule has 0 saturated carbocycles. The summed E-state index contributed by atoms with van der Waals surface area (Å²) in [5.74, 6) is 0. The van der Waals surface area contributed by atoms with Crippen LogP contribution in [0, 0.1) is 45.3 Å². The summed E-state index contributed by atoms with van der Waals surface area (Å²) in [6.45, 7) is 10.6. The van der Waals surface area contributed by atoms with E-state index in [0.717, 1.165) is 22.3 Å². The molecule has 0 fully saturated rings. The minimum absolute atomic E-state index is 0.570. The average molecular weight is 632 g/mol. The highest BCUT2D eigenvalue weighted by Crippen LogP contribution is 2.37. The largest absolute Gasteiger partial charge is 0.384 e. The van der Waals surface area contributed by atoms with Gasteiger partial charge >= 0.3 is 0 Å². The number of benzene rings is 2. The number of aryl methyl sites for hydroxylation is 2. The van der Waals surface area contributed by atoms with Crippen LogP contribution in [-0.4, -0.2) is 5.11 Å². The molecule has 2 aromatic carbocycles. The molecule has 2 rings (SSSR count). The minimum atomic E-state index is -0.570. The van der Waals surface area contributed by atoms with Gasteiger partial charge in [0.05, 0.1) is 0 Å². The zero-order valence-electron chi connectivity index (χ0n) is 13.3. The molecule has 0 radical (unpaired) electrons. The standard InChI is InChI=1S/C18H19I3O/c1-8-6-13(19)7-9(2)14(8)18(22)15-10(3)16(20)12(5)17(21)11(15)4/h6-7,18,22H,1-5H3. The van der Waals surface area contributed by atoms with Gasteiger partial charge in [-0.1, -0.05) is 0 Å². The van der Waals surface area contributed by atoms with Crippen molar-refractivity contribution in [2.75, 3.05) is 0 Å². The predicted octanol–water partition coefficient (Wildman–Crippen LogP) is 6.12. The van der Waals surface area contributed by atoms with Gasteiger partial charge in [0, 0.05) is 10.7 Å². The van der Waals surface area contributed by atoms with Crippen LogP contribution in [0.1, 0.15) is 45.0 Å². The Morgan fingerprint density at radius 2 is 1.14 bits per heavy atom. The number of hydrogen-bond donors (Lipinski definition) is 1. The topological polar surface area (TPSA) is 20.2 Å². The molecule has 4 heteroatoms. The summed E-state index contributed by atoms with van der Waals surface area (Å²) >= 11 is 7.12. The molecule has 0 aliphatic carbocycles. The first-order valence-electron chi connectivity index (χ1n) is 7.06. The summed E-state index contributed by atoms with van der Waals surface area (Å²) < 4.78 is 3.72. The third-order valence-electron chi connectivity index (χ3n) is 4.23. The molecular weight excluding hydrogens is 613 g/mol. The second-order valence-electron chi connectivity index (χ2n) is 5.77. The third-order valence-corrected chi connectivity index (χ3v) is 8.09. The van der Waals surface area contributed by atoms with Crippen molar-refractivity contribution in [3.8, 4) is 0 Å². The number of halogens is 3. The lowest BCUT2D eigenvalue weighted by molar-refractivity contribution is 0.217. The Kier molecular flexibility index (Phi) is 6.22. The van der Waals surface area contributed by atoms with Crippen LogP contribution in [0.4, 0.5) is 0 Å². The lowest BCUT2D eigenvalue weighted by Gasteiger charge is -2.24. The summed E-state index contributed by atoms with van der Waals surface area (Å²) in [6, 6.07) is 4.28. The zero-order chi connectivity index (χ0) is 16.8. The molecule has 0 bridgehead atoms. The van der Waals surface area contributed by atoms with Crippen molar-refractivity contribution in [2.24, 2.45) is 0 Å². The molecule has 22 heavy (non-hydrogen) atoms. The van der Waals surface area contributed by atoms with E-state index < -0.39 is 6.10 Å². The number of rotatable bonds is 2. The summed E-state index contributed by atoms with van der Waals surface area (Å²) in [4.78, 5) is 0. The van der Waals surface area contributed by atoms with Gasteiger partial charge < -0.3 is 5.11 Å². The van der Waals surface area contributed by atoms with Crippen LogP contribution in [0.15, 0.2) is 12.1 Å². The first-order valence-corrected chi connectivity index (χ1v) is 10.3. The van der Waals surface area contributed by atoms with Gasteiger partial charge in [0.25, 0.3) is 0 Å². The lowest BCUT2D eigenvalue weighted by atomic mass is 9.88. The van der Waals surface area contributed by atoms with Gasteiger partial charge in [-0.3, -0.25) is 0 Å². The van der Waals surface area contributed by atoms with E-state index in [0.29, 0.717) is 0 Å². The van der Waals surface area contributed by atoms with Crippen LogP contribution >= 0.6 is 67.8 Å². The molecule has 1 atom stereocenters. The van der Waals surface area contributed by atoms with Gasteiger partial charge in [-0.05, 0) is 153 Å². The van der Waals surface area contributed by atoms with Gasteiger partial charge in [-0.15, -0.1) is 0 Å². The van der Waals surface area contributed by atoms with Crippen molar-refractivity contribution in [3.63, 3.8) is 0 Å². The number of aliphatic hydroxyl groups excluding tert-OH is 1. The van der Waals surface area contributed by atoms with Crippen LogP contribution in [0.3, 0.4) is 0 Å². The van der Waals surface area contributed by atoms with Crippen molar-refractivity contribution >= 4 is 67.8 Å². The molecule has 118 valence electrons. The molecule has 1 N–H and O–H groups in total. The third kappa shape index (κ3) is 3.35. The summed E-state index contributed by atoms with van der Waals surface area (Å²) in [5.41, 5.74) is 8.11. The zero-order valence-corrected chi connectivity index (χ0v) is 19.8. The van der Waals surface area contributed by atoms with Crippen molar-refractivity contribution in [2.45, 2.75) is 40.7 Å². The normalized spacial score (nSPS) is 12.6. The van der Waals surface area contributed by atoms with Crippen molar-refractivity contribution in [1.29, 1.82) is 0 Å². The quantitative estimate of drug-likeness (QED) is 0.396. The maximum Gasteiger partial charge on any atom is 0.105 e. The highest BCUT2D eigenvalue weighted by Gasteiger charge is 2.23. The van der Waals surface area contributed by atoms with Gasteiger partial charge in [-0.25, -0.2) is 0 Å². The SMILES string of the molecule is Cc1cc(I)cc(C)c1C(O)c1c(C)c(I)c(C)c(I)c1C. The molecule has 1 nitrogen and oxygen atoms in total. The molecule has 0 aliphatic rings. The van der Waals surface area contributed by atoms with Crippen molar-refractivity contribution in [1.82, 2.24) is 0 Å². The maximum absolute atomic E-state index is 11.1. The van der Waals surface area contributed by atoms with Crippen LogP contribution in [-0.2, 0) is 0 Å². The second kappa shape index (κ2) is 7.23. The van der Waals surface area contributed by atoms with Crippen molar-refractivity contribution in [3.05, 3.63) is 61.8 Å². The molecule has 0 heterocycles. The lowest BCUT2D eigenvalue weighted by Crippen LogP contribution is -2.12. The molecule has 0 spiro atoms. The van der Waals surface area contributed by atoms with Gasteiger partial charge in [0.1, 0.15) is 6.10 Å².